The molecule has 2 aromatic rings. The fraction of sp³-hybridized carbons (Fsp3) is 0.368. The molecule has 0 aliphatic carbocycles. The van der Waals surface area contributed by atoms with Crippen LogP contribution in [-0.2, 0) is 13.0 Å². The number of rotatable bonds is 8. The molecular formula is C19H26N2O. The van der Waals surface area contributed by atoms with E-state index < -0.39 is 0 Å². The zero-order valence-electron chi connectivity index (χ0n) is 13.5. The number of nitrogens with zero attached hydrogens (tertiary/aromatic N) is 1. The van der Waals surface area contributed by atoms with Crippen molar-refractivity contribution < 1.29 is 5.11 Å². The summed E-state index contributed by atoms with van der Waals surface area (Å²) in [6.07, 6.45) is 0.966. The van der Waals surface area contributed by atoms with Gasteiger partial charge < -0.3 is 15.3 Å². The molecule has 0 spiro atoms. The maximum atomic E-state index is 9.38. The van der Waals surface area contributed by atoms with Crippen molar-refractivity contribution in [3.63, 3.8) is 0 Å². The Morgan fingerprint density at radius 2 is 1.68 bits per heavy atom. The van der Waals surface area contributed by atoms with Crippen molar-refractivity contribution in [3.05, 3.63) is 65.7 Å². The zero-order chi connectivity index (χ0) is 15.8. The number of hydrogen-bond acceptors (Lipinski definition) is 3. The van der Waals surface area contributed by atoms with Crippen molar-refractivity contribution in [1.82, 2.24) is 10.2 Å². The van der Waals surface area contributed by atoms with Gasteiger partial charge in [0.25, 0.3) is 0 Å². The Morgan fingerprint density at radius 3 is 2.32 bits per heavy atom. The number of phenolic OH excluding ortho intramolecular Hbond substituents is 1. The van der Waals surface area contributed by atoms with Gasteiger partial charge in [0.1, 0.15) is 5.75 Å². The number of aromatic hydroxyl groups is 1. The molecule has 0 unspecified atom stereocenters. The summed E-state index contributed by atoms with van der Waals surface area (Å²) >= 11 is 0. The normalized spacial score (nSPS) is 12.5. The standard InChI is InChI=1S/C19H26N2O/c1-3-20-18(13-16-9-11-19(22)12-10-16)15-21(2)14-17-7-5-4-6-8-17/h4-12,18,20,22H,3,13-15H2,1-2H3/t18-/m1/s1. The van der Waals surface area contributed by atoms with E-state index in [1.165, 1.54) is 11.1 Å². The number of likely N-dealkylation sites (N-methyl/N-ethyl adjacent to an activating group) is 2. The average Bonchev–Trinajstić information content (AvgIpc) is 2.50. The van der Waals surface area contributed by atoms with Gasteiger partial charge in [-0.2, -0.15) is 0 Å². The van der Waals surface area contributed by atoms with Crippen molar-refractivity contribution in [2.75, 3.05) is 20.1 Å². The first-order chi connectivity index (χ1) is 10.7. The molecule has 1 atom stereocenters. The van der Waals surface area contributed by atoms with Crippen LogP contribution in [0.25, 0.3) is 0 Å². The van der Waals surface area contributed by atoms with E-state index in [4.69, 9.17) is 0 Å². The van der Waals surface area contributed by atoms with Crippen LogP contribution in [0.15, 0.2) is 54.6 Å². The third-order valence-electron chi connectivity index (χ3n) is 3.74. The van der Waals surface area contributed by atoms with E-state index in [1.807, 2.05) is 12.1 Å². The van der Waals surface area contributed by atoms with Crippen molar-refractivity contribution in [3.8, 4) is 5.75 Å². The van der Waals surface area contributed by atoms with E-state index in [1.54, 1.807) is 12.1 Å². The fourth-order valence-corrected chi connectivity index (χ4v) is 2.74. The Balaban J connectivity index is 1.91. The molecule has 0 fully saturated rings. The van der Waals surface area contributed by atoms with E-state index in [9.17, 15) is 5.11 Å². The maximum absolute atomic E-state index is 9.38. The molecule has 0 bridgehead atoms. The summed E-state index contributed by atoms with van der Waals surface area (Å²) in [6, 6.07) is 18.5. The molecule has 22 heavy (non-hydrogen) atoms. The third-order valence-corrected chi connectivity index (χ3v) is 3.74. The van der Waals surface area contributed by atoms with E-state index in [0.29, 0.717) is 11.8 Å². The van der Waals surface area contributed by atoms with E-state index >= 15 is 0 Å². The number of hydrogen-bond donors (Lipinski definition) is 2. The topological polar surface area (TPSA) is 35.5 Å². The minimum atomic E-state index is 0.324. The Kier molecular flexibility index (Phi) is 6.44. The lowest BCUT2D eigenvalue weighted by atomic mass is 10.0. The SMILES string of the molecule is CCN[C@H](Cc1ccc(O)cc1)CN(C)Cc1ccccc1. The van der Waals surface area contributed by atoms with Crippen molar-refractivity contribution in [2.24, 2.45) is 0 Å². The summed E-state index contributed by atoms with van der Waals surface area (Å²) in [5.74, 6) is 0.324. The third kappa shape index (κ3) is 5.51. The van der Waals surface area contributed by atoms with Crippen LogP contribution in [0.5, 0.6) is 5.75 Å². The molecule has 2 aromatic carbocycles. The molecule has 0 radical (unpaired) electrons. The maximum Gasteiger partial charge on any atom is 0.115 e. The highest BCUT2D eigenvalue weighted by atomic mass is 16.3. The average molecular weight is 298 g/mol. The minimum Gasteiger partial charge on any atom is -0.508 e. The van der Waals surface area contributed by atoms with Gasteiger partial charge >= 0.3 is 0 Å². The van der Waals surface area contributed by atoms with Gasteiger partial charge in [0.05, 0.1) is 0 Å². The highest BCUT2D eigenvalue weighted by Crippen LogP contribution is 2.12. The van der Waals surface area contributed by atoms with Crippen molar-refractivity contribution >= 4 is 0 Å². The summed E-state index contributed by atoms with van der Waals surface area (Å²) in [5.41, 5.74) is 2.58. The second kappa shape index (κ2) is 8.57. The molecule has 0 aliphatic rings. The van der Waals surface area contributed by atoms with Gasteiger partial charge in [-0.3, -0.25) is 0 Å². The van der Waals surface area contributed by atoms with Gasteiger partial charge in [0.15, 0.2) is 0 Å². The van der Waals surface area contributed by atoms with E-state index in [0.717, 1.165) is 26.1 Å². The summed E-state index contributed by atoms with van der Waals surface area (Å²) in [5, 5.41) is 12.9. The second-order valence-corrected chi connectivity index (χ2v) is 5.81. The first-order valence-electron chi connectivity index (χ1n) is 7.91. The molecule has 0 aromatic heterocycles. The van der Waals surface area contributed by atoms with Crippen LogP contribution in [0.3, 0.4) is 0 Å². The van der Waals surface area contributed by atoms with Gasteiger partial charge in [-0.1, -0.05) is 49.4 Å². The van der Waals surface area contributed by atoms with Crippen molar-refractivity contribution in [2.45, 2.75) is 25.9 Å². The van der Waals surface area contributed by atoms with E-state index in [2.05, 4.69) is 54.5 Å². The van der Waals surface area contributed by atoms with Crippen LogP contribution in [0, 0.1) is 0 Å². The van der Waals surface area contributed by atoms with Crippen LogP contribution in [-0.4, -0.2) is 36.2 Å². The quantitative estimate of drug-likeness (QED) is 0.786. The number of phenols is 1. The number of nitrogens with one attached hydrogen (secondary N) is 1. The Bertz CT molecular complexity index is 539. The molecule has 0 aliphatic heterocycles. The van der Waals surface area contributed by atoms with Crippen molar-refractivity contribution in [1.29, 1.82) is 0 Å². The Labute approximate surface area is 133 Å². The largest absolute Gasteiger partial charge is 0.508 e. The molecule has 2 N–H and O–H groups in total. The summed E-state index contributed by atoms with van der Waals surface area (Å²) in [7, 11) is 2.16. The fourth-order valence-electron chi connectivity index (χ4n) is 2.74. The zero-order valence-corrected chi connectivity index (χ0v) is 13.5. The molecule has 118 valence electrons. The molecular weight excluding hydrogens is 272 g/mol. The van der Waals surface area contributed by atoms with Crippen LogP contribution >= 0.6 is 0 Å². The molecule has 0 heterocycles. The lowest BCUT2D eigenvalue weighted by Crippen LogP contribution is -2.40. The smallest absolute Gasteiger partial charge is 0.115 e. The summed E-state index contributed by atoms with van der Waals surface area (Å²) < 4.78 is 0. The highest BCUT2D eigenvalue weighted by molar-refractivity contribution is 5.26. The first kappa shape index (κ1) is 16.5. The molecule has 0 saturated carbocycles. The highest BCUT2D eigenvalue weighted by Gasteiger charge is 2.12. The van der Waals surface area contributed by atoms with Crippen LogP contribution in [0.4, 0.5) is 0 Å². The second-order valence-electron chi connectivity index (χ2n) is 5.81. The molecule has 2 rings (SSSR count). The predicted octanol–water partition coefficient (Wildman–Crippen LogP) is 3.04. The molecule has 3 nitrogen and oxygen atoms in total. The van der Waals surface area contributed by atoms with Gasteiger partial charge in [0, 0.05) is 19.1 Å². The van der Waals surface area contributed by atoms with Gasteiger partial charge in [-0.25, -0.2) is 0 Å². The van der Waals surface area contributed by atoms with Gasteiger partial charge in [-0.05, 0) is 43.3 Å². The van der Waals surface area contributed by atoms with Crippen LogP contribution < -0.4 is 5.32 Å². The monoisotopic (exact) mass is 298 g/mol. The lowest BCUT2D eigenvalue weighted by molar-refractivity contribution is 0.282. The van der Waals surface area contributed by atoms with Gasteiger partial charge in [-0.15, -0.1) is 0 Å². The summed E-state index contributed by atoms with van der Waals surface area (Å²) in [6.45, 7) is 5.05. The van der Waals surface area contributed by atoms with Gasteiger partial charge in [0.2, 0.25) is 0 Å². The molecule has 0 saturated heterocycles. The van der Waals surface area contributed by atoms with Crippen LogP contribution in [0.2, 0.25) is 0 Å². The van der Waals surface area contributed by atoms with Crippen LogP contribution in [0.1, 0.15) is 18.1 Å². The Hall–Kier alpha value is -1.84. The Morgan fingerprint density at radius 1 is 1.00 bits per heavy atom. The molecule has 3 heteroatoms. The number of benzene rings is 2. The molecule has 0 amide bonds. The summed E-state index contributed by atoms with van der Waals surface area (Å²) in [4.78, 5) is 2.35. The lowest BCUT2D eigenvalue weighted by Gasteiger charge is -2.25. The minimum absolute atomic E-state index is 0.324. The first-order valence-corrected chi connectivity index (χ1v) is 7.91. The predicted molar refractivity (Wildman–Crippen MR) is 92.1 cm³/mol. The van der Waals surface area contributed by atoms with E-state index in [-0.39, 0.29) is 0 Å².